The van der Waals surface area contributed by atoms with Gasteiger partial charge in [0, 0.05) is 26.1 Å². The first-order valence-electron chi connectivity index (χ1n) is 8.08. The Labute approximate surface area is 128 Å². The average Bonchev–Trinajstić information content (AvgIpc) is 3.20. The monoisotopic (exact) mass is 298 g/mol. The van der Waals surface area contributed by atoms with E-state index >= 15 is 0 Å². The molecule has 0 atom stereocenters. The Morgan fingerprint density at radius 1 is 1.29 bits per heavy atom. The number of rotatable bonds is 10. The number of hydrogen-bond donors (Lipinski definition) is 2. The summed E-state index contributed by atoms with van der Waals surface area (Å²) in [5.41, 5.74) is -0.0578. The van der Waals surface area contributed by atoms with Crippen LogP contribution in [-0.2, 0) is 4.79 Å². The molecule has 0 aliphatic heterocycles. The zero-order valence-electron chi connectivity index (χ0n) is 13.7. The van der Waals surface area contributed by atoms with Gasteiger partial charge in [-0.15, -0.1) is 0 Å². The fraction of sp³-hybridized carbons (Fsp3) is 0.875. The molecule has 1 aliphatic carbocycles. The molecule has 0 aromatic heterocycles. The maximum Gasteiger partial charge on any atom is 0.317 e. The first-order valence-corrected chi connectivity index (χ1v) is 8.08. The van der Waals surface area contributed by atoms with Crippen LogP contribution in [0.5, 0.6) is 0 Å². The van der Waals surface area contributed by atoms with Crippen molar-refractivity contribution in [3.05, 3.63) is 0 Å². The fourth-order valence-electron chi connectivity index (χ4n) is 2.35. The van der Waals surface area contributed by atoms with E-state index in [1.807, 2.05) is 4.90 Å². The first-order chi connectivity index (χ1) is 9.84. The lowest BCUT2D eigenvalue weighted by molar-refractivity contribution is -0.137. The SMILES string of the molecule is CCCN(CC1CC1)C(=O)NCCC(C)(C)CCC(=O)O. The minimum absolute atomic E-state index is 0.0257. The predicted octanol–water partition coefficient (Wildman–Crippen LogP) is 3.10. The van der Waals surface area contributed by atoms with Gasteiger partial charge in [-0.3, -0.25) is 4.79 Å². The number of carbonyl (C=O) groups is 2. The summed E-state index contributed by atoms with van der Waals surface area (Å²) >= 11 is 0. The van der Waals surface area contributed by atoms with Gasteiger partial charge >= 0.3 is 12.0 Å². The fourth-order valence-corrected chi connectivity index (χ4v) is 2.35. The van der Waals surface area contributed by atoms with Gasteiger partial charge in [0.25, 0.3) is 0 Å². The third kappa shape index (κ3) is 7.93. The van der Waals surface area contributed by atoms with Crippen LogP contribution in [0.2, 0.25) is 0 Å². The summed E-state index contributed by atoms with van der Waals surface area (Å²) in [6, 6.07) is 0.0257. The van der Waals surface area contributed by atoms with Crippen molar-refractivity contribution in [2.24, 2.45) is 11.3 Å². The predicted molar refractivity (Wildman–Crippen MR) is 83.3 cm³/mol. The molecule has 122 valence electrons. The normalized spacial score (nSPS) is 14.8. The summed E-state index contributed by atoms with van der Waals surface area (Å²) < 4.78 is 0. The molecule has 0 radical (unpaired) electrons. The number of aliphatic carboxylic acids is 1. The lowest BCUT2D eigenvalue weighted by Crippen LogP contribution is -2.42. The second-order valence-electron chi connectivity index (χ2n) is 6.93. The molecular formula is C16H30N2O3. The molecular weight excluding hydrogens is 268 g/mol. The Morgan fingerprint density at radius 3 is 2.48 bits per heavy atom. The molecule has 5 heteroatoms. The maximum atomic E-state index is 12.2. The Balaban J connectivity index is 2.27. The highest BCUT2D eigenvalue weighted by Crippen LogP contribution is 2.30. The first kappa shape index (κ1) is 17.8. The summed E-state index contributed by atoms with van der Waals surface area (Å²) in [5.74, 6) is -0.0556. The van der Waals surface area contributed by atoms with Gasteiger partial charge < -0.3 is 15.3 Å². The molecule has 0 unspecified atom stereocenters. The van der Waals surface area contributed by atoms with Crippen molar-refractivity contribution in [2.75, 3.05) is 19.6 Å². The number of carbonyl (C=O) groups excluding carboxylic acids is 1. The van der Waals surface area contributed by atoms with Crippen LogP contribution in [0.3, 0.4) is 0 Å². The van der Waals surface area contributed by atoms with Crippen LogP contribution >= 0.6 is 0 Å². The molecule has 0 bridgehead atoms. The number of carboxylic acid groups (broad SMARTS) is 1. The molecule has 1 aliphatic rings. The van der Waals surface area contributed by atoms with Crippen molar-refractivity contribution < 1.29 is 14.7 Å². The van der Waals surface area contributed by atoms with Crippen molar-refractivity contribution in [1.82, 2.24) is 10.2 Å². The molecule has 0 saturated heterocycles. The minimum Gasteiger partial charge on any atom is -0.481 e. The summed E-state index contributed by atoms with van der Waals surface area (Å²) in [5, 5.41) is 11.7. The van der Waals surface area contributed by atoms with Gasteiger partial charge in [-0.25, -0.2) is 4.79 Å². The van der Waals surface area contributed by atoms with E-state index in [4.69, 9.17) is 5.11 Å². The molecule has 0 heterocycles. The van der Waals surface area contributed by atoms with Gasteiger partial charge in [0.2, 0.25) is 0 Å². The second kappa shape index (κ2) is 8.25. The van der Waals surface area contributed by atoms with Crippen LogP contribution in [0.25, 0.3) is 0 Å². The Hall–Kier alpha value is -1.26. The van der Waals surface area contributed by atoms with E-state index in [9.17, 15) is 9.59 Å². The Kier molecular flexibility index (Phi) is 6.99. The lowest BCUT2D eigenvalue weighted by Gasteiger charge is -2.26. The van der Waals surface area contributed by atoms with Crippen LogP contribution in [0, 0.1) is 11.3 Å². The molecule has 1 fully saturated rings. The Morgan fingerprint density at radius 2 is 1.95 bits per heavy atom. The number of urea groups is 1. The van der Waals surface area contributed by atoms with Gasteiger partial charge in [0.1, 0.15) is 0 Å². The zero-order chi connectivity index (χ0) is 15.9. The van der Waals surface area contributed by atoms with Crippen LogP contribution in [0.15, 0.2) is 0 Å². The van der Waals surface area contributed by atoms with E-state index in [0.717, 1.165) is 25.9 Å². The number of nitrogens with one attached hydrogen (secondary N) is 1. The molecule has 2 N–H and O–H groups in total. The van der Waals surface area contributed by atoms with Crippen molar-refractivity contribution >= 4 is 12.0 Å². The van der Waals surface area contributed by atoms with Gasteiger partial charge in [-0.2, -0.15) is 0 Å². The minimum atomic E-state index is -0.759. The van der Waals surface area contributed by atoms with E-state index in [1.54, 1.807) is 0 Å². The number of nitrogens with zero attached hydrogens (tertiary/aromatic N) is 1. The highest BCUT2D eigenvalue weighted by Gasteiger charge is 2.26. The van der Waals surface area contributed by atoms with Crippen LogP contribution < -0.4 is 5.32 Å². The van der Waals surface area contributed by atoms with Gasteiger partial charge in [0.05, 0.1) is 0 Å². The van der Waals surface area contributed by atoms with Crippen molar-refractivity contribution in [3.8, 4) is 0 Å². The quantitative estimate of drug-likeness (QED) is 0.651. The summed E-state index contributed by atoms with van der Waals surface area (Å²) in [6.45, 7) is 8.48. The molecule has 0 aromatic carbocycles. The van der Waals surface area contributed by atoms with Crippen LogP contribution in [0.4, 0.5) is 4.79 Å². The highest BCUT2D eigenvalue weighted by molar-refractivity contribution is 5.74. The summed E-state index contributed by atoms with van der Waals surface area (Å²) in [4.78, 5) is 24.7. The number of hydrogen-bond acceptors (Lipinski definition) is 2. The standard InChI is InChI=1S/C16H30N2O3/c1-4-11-18(12-13-5-6-13)15(21)17-10-9-16(2,3)8-7-14(19)20/h13H,4-12H2,1-3H3,(H,17,21)(H,19,20). The van der Waals surface area contributed by atoms with E-state index in [2.05, 4.69) is 26.1 Å². The Bertz CT molecular complexity index is 351. The summed E-state index contributed by atoms with van der Waals surface area (Å²) in [7, 11) is 0. The largest absolute Gasteiger partial charge is 0.481 e. The molecule has 0 spiro atoms. The van der Waals surface area contributed by atoms with E-state index in [-0.39, 0.29) is 17.9 Å². The third-order valence-electron chi connectivity index (χ3n) is 4.05. The topological polar surface area (TPSA) is 69.6 Å². The molecule has 21 heavy (non-hydrogen) atoms. The average molecular weight is 298 g/mol. The van der Waals surface area contributed by atoms with Crippen LogP contribution in [-0.4, -0.2) is 41.6 Å². The lowest BCUT2D eigenvalue weighted by atomic mass is 9.84. The van der Waals surface area contributed by atoms with Gasteiger partial charge in [-0.05, 0) is 43.4 Å². The van der Waals surface area contributed by atoms with Crippen molar-refractivity contribution in [1.29, 1.82) is 0 Å². The molecule has 0 aromatic rings. The second-order valence-corrected chi connectivity index (χ2v) is 6.93. The van der Waals surface area contributed by atoms with Crippen molar-refractivity contribution in [2.45, 2.75) is 59.3 Å². The smallest absolute Gasteiger partial charge is 0.317 e. The van der Waals surface area contributed by atoms with Crippen LogP contribution in [0.1, 0.15) is 59.3 Å². The maximum absolute atomic E-state index is 12.2. The van der Waals surface area contributed by atoms with Gasteiger partial charge in [-0.1, -0.05) is 20.8 Å². The van der Waals surface area contributed by atoms with Crippen molar-refractivity contribution in [3.63, 3.8) is 0 Å². The number of carboxylic acids is 1. The molecule has 1 rings (SSSR count). The molecule has 1 saturated carbocycles. The van der Waals surface area contributed by atoms with E-state index in [1.165, 1.54) is 12.8 Å². The van der Waals surface area contributed by atoms with E-state index < -0.39 is 5.97 Å². The van der Waals surface area contributed by atoms with E-state index in [0.29, 0.717) is 18.9 Å². The highest BCUT2D eigenvalue weighted by atomic mass is 16.4. The zero-order valence-corrected chi connectivity index (χ0v) is 13.7. The molecule has 2 amide bonds. The molecule has 5 nitrogen and oxygen atoms in total. The third-order valence-corrected chi connectivity index (χ3v) is 4.05. The summed E-state index contributed by atoms with van der Waals surface area (Å²) in [6.07, 6.45) is 5.09. The number of amides is 2. The van der Waals surface area contributed by atoms with Gasteiger partial charge in [0.15, 0.2) is 0 Å².